The molecule has 4 heteroatoms. The van der Waals surface area contributed by atoms with Crippen LogP contribution in [-0.4, -0.2) is 12.1 Å². The average Bonchev–Trinajstić information content (AvgIpc) is 2.39. The van der Waals surface area contributed by atoms with Gasteiger partial charge in [-0.25, -0.2) is 0 Å². The Morgan fingerprint density at radius 3 is 2.33 bits per heavy atom. The molecule has 0 unspecified atom stereocenters. The number of nitrogens with zero attached hydrogens (tertiary/aromatic N) is 1. The number of hydrogen-bond donors (Lipinski definition) is 1. The van der Waals surface area contributed by atoms with Gasteiger partial charge in [-0.1, -0.05) is 47.6 Å². The van der Waals surface area contributed by atoms with Gasteiger partial charge in [0, 0.05) is 0 Å². The Balaban J connectivity index is 2.60. The van der Waals surface area contributed by atoms with Crippen LogP contribution in [-0.2, 0) is 0 Å². The first-order chi connectivity index (χ1) is 8.65. The van der Waals surface area contributed by atoms with Gasteiger partial charge in [-0.15, -0.1) is 0 Å². The van der Waals surface area contributed by atoms with Crippen molar-refractivity contribution in [3.63, 3.8) is 0 Å². The second-order valence-corrected chi connectivity index (χ2v) is 4.31. The van der Waals surface area contributed by atoms with E-state index in [4.69, 9.17) is 0 Å². The van der Waals surface area contributed by atoms with Crippen LogP contribution in [0.15, 0.2) is 47.6 Å². The van der Waals surface area contributed by atoms with Crippen LogP contribution in [0.4, 0.5) is 0 Å². The Morgan fingerprint density at radius 1 is 1.00 bits per heavy atom. The number of hydrogen-bond acceptors (Lipinski definition) is 3. The Kier molecular flexibility index (Phi) is 3.58. The molecule has 0 saturated carbocycles. The molecule has 0 radical (unpaired) electrons. The quantitative estimate of drug-likeness (QED) is 0.660. The molecule has 2 aromatic rings. The average molecular weight is 239 g/mol. The van der Waals surface area contributed by atoms with Crippen molar-refractivity contribution in [1.82, 2.24) is 0 Å². The van der Waals surface area contributed by atoms with Gasteiger partial charge in [0.05, 0.1) is 0 Å². The molecule has 90 valence electrons. The lowest BCUT2D eigenvalue weighted by Gasteiger charge is -2.12. The number of rotatable bonds is 3. The van der Waals surface area contributed by atoms with Crippen LogP contribution in [0.1, 0.15) is 11.1 Å². The van der Waals surface area contributed by atoms with E-state index >= 15 is 0 Å². The Bertz CT molecular complexity index is 584. The van der Waals surface area contributed by atoms with Crippen molar-refractivity contribution in [3.05, 3.63) is 58.5 Å². The zero-order valence-electron chi connectivity index (χ0n) is 10.4. The summed E-state index contributed by atoms with van der Waals surface area (Å²) in [6.45, 7) is 3.93. The van der Waals surface area contributed by atoms with Crippen LogP contribution in [0.3, 0.4) is 0 Å². The predicted molar refractivity (Wildman–Crippen MR) is 74.8 cm³/mol. The molecule has 0 heterocycles. The van der Waals surface area contributed by atoms with Gasteiger partial charge in [0.2, 0.25) is 0 Å². The maximum atomic E-state index is 10.5. The summed E-state index contributed by atoms with van der Waals surface area (Å²) >= 11 is 0. The summed E-state index contributed by atoms with van der Waals surface area (Å²) in [6.07, 6.45) is 0. The zero-order valence-corrected chi connectivity index (χ0v) is 10.4. The van der Waals surface area contributed by atoms with Gasteiger partial charge in [0.15, 0.2) is 0 Å². The Morgan fingerprint density at radius 2 is 1.67 bits per heavy atom. The standard InChI is InChI=1S/C14H14BNO2/c1-10-6-3-4-7-12(10)13-8-5-9-14(11(13)2)15(17)16-18/h3-9,17H,1-2H3. The molecule has 2 rings (SSSR count). The summed E-state index contributed by atoms with van der Waals surface area (Å²) in [4.78, 5) is 10.5. The molecule has 18 heavy (non-hydrogen) atoms. The summed E-state index contributed by atoms with van der Waals surface area (Å²) in [5.74, 6) is 0. The molecule has 0 fully saturated rings. The highest BCUT2D eigenvalue weighted by Gasteiger charge is 2.20. The van der Waals surface area contributed by atoms with Crippen LogP contribution in [0.5, 0.6) is 0 Å². The summed E-state index contributed by atoms with van der Waals surface area (Å²) in [7, 11) is -1.30. The van der Waals surface area contributed by atoms with E-state index in [1.165, 1.54) is 0 Å². The van der Waals surface area contributed by atoms with Gasteiger partial charge in [-0.3, -0.25) is 0 Å². The van der Waals surface area contributed by atoms with Crippen molar-refractivity contribution in [1.29, 1.82) is 0 Å². The fourth-order valence-corrected chi connectivity index (χ4v) is 2.16. The highest BCUT2D eigenvalue weighted by molar-refractivity contribution is 6.64. The lowest BCUT2D eigenvalue weighted by Crippen LogP contribution is -2.30. The van der Waals surface area contributed by atoms with Crippen molar-refractivity contribution in [3.8, 4) is 11.1 Å². The van der Waals surface area contributed by atoms with E-state index in [0.717, 1.165) is 22.3 Å². The van der Waals surface area contributed by atoms with Crippen LogP contribution < -0.4 is 5.46 Å². The molecule has 2 aromatic carbocycles. The summed E-state index contributed by atoms with van der Waals surface area (Å²) in [5, 5.41) is 12.3. The molecule has 1 N–H and O–H groups in total. The van der Waals surface area contributed by atoms with Gasteiger partial charge in [-0.2, -0.15) is 4.91 Å². The maximum Gasteiger partial charge on any atom is 0.517 e. The largest absolute Gasteiger partial charge is 0.517 e. The van der Waals surface area contributed by atoms with Crippen LogP contribution in [0.25, 0.3) is 11.1 Å². The van der Waals surface area contributed by atoms with Gasteiger partial charge >= 0.3 is 7.05 Å². The van der Waals surface area contributed by atoms with E-state index in [1.807, 2.05) is 50.2 Å². The number of nitroso groups, excluding NO2 is 1. The van der Waals surface area contributed by atoms with E-state index in [2.05, 4.69) is 5.09 Å². The van der Waals surface area contributed by atoms with Gasteiger partial charge in [0.1, 0.15) is 0 Å². The molecule has 0 aliphatic carbocycles. The third-order valence-corrected chi connectivity index (χ3v) is 3.19. The summed E-state index contributed by atoms with van der Waals surface area (Å²) < 4.78 is 0. The third-order valence-electron chi connectivity index (χ3n) is 3.19. The smallest absolute Gasteiger partial charge is 0.425 e. The Labute approximate surface area is 107 Å². The van der Waals surface area contributed by atoms with Crippen molar-refractivity contribution in [2.45, 2.75) is 13.8 Å². The zero-order chi connectivity index (χ0) is 13.1. The minimum absolute atomic E-state index is 0.561. The molecule has 0 bridgehead atoms. The highest BCUT2D eigenvalue weighted by atomic mass is 16.3. The first kappa shape index (κ1) is 12.5. The van der Waals surface area contributed by atoms with Crippen LogP contribution in [0, 0.1) is 18.8 Å². The predicted octanol–water partition coefficient (Wildman–Crippen LogP) is 2.42. The summed E-state index contributed by atoms with van der Waals surface area (Å²) in [5.41, 5.74) is 4.74. The normalized spacial score (nSPS) is 10.2. The topological polar surface area (TPSA) is 49.7 Å². The van der Waals surface area contributed by atoms with Gasteiger partial charge in [-0.05, 0) is 41.6 Å². The molecule has 3 nitrogen and oxygen atoms in total. The van der Waals surface area contributed by atoms with Gasteiger partial charge in [0.25, 0.3) is 0 Å². The highest BCUT2D eigenvalue weighted by Crippen LogP contribution is 2.25. The van der Waals surface area contributed by atoms with Crippen molar-refractivity contribution < 1.29 is 5.02 Å². The summed E-state index contributed by atoms with van der Waals surface area (Å²) in [6, 6.07) is 13.6. The number of benzene rings is 2. The molecular weight excluding hydrogens is 225 g/mol. The van der Waals surface area contributed by atoms with Crippen molar-refractivity contribution in [2.24, 2.45) is 5.09 Å². The molecule has 0 spiro atoms. The van der Waals surface area contributed by atoms with E-state index in [-0.39, 0.29) is 0 Å². The van der Waals surface area contributed by atoms with E-state index in [0.29, 0.717) is 5.46 Å². The molecule has 0 aliphatic heterocycles. The van der Waals surface area contributed by atoms with Crippen molar-refractivity contribution in [2.75, 3.05) is 0 Å². The molecule has 0 amide bonds. The first-order valence-corrected chi connectivity index (χ1v) is 5.81. The van der Waals surface area contributed by atoms with Crippen molar-refractivity contribution >= 4 is 12.5 Å². The van der Waals surface area contributed by atoms with Crippen LogP contribution in [0.2, 0.25) is 0 Å². The SMILES string of the molecule is Cc1ccccc1-c1cccc(B(O)N=O)c1C. The Hall–Kier alpha value is -1.94. The van der Waals surface area contributed by atoms with Gasteiger partial charge < -0.3 is 5.02 Å². The molecule has 0 aromatic heterocycles. The van der Waals surface area contributed by atoms with Crippen LogP contribution >= 0.6 is 0 Å². The fraction of sp³-hybridized carbons (Fsp3) is 0.143. The third kappa shape index (κ3) is 2.20. The first-order valence-electron chi connectivity index (χ1n) is 5.81. The van der Waals surface area contributed by atoms with E-state index in [1.54, 1.807) is 6.07 Å². The molecular formula is C14H14BNO2. The molecule has 0 aliphatic rings. The van der Waals surface area contributed by atoms with E-state index in [9.17, 15) is 9.93 Å². The second kappa shape index (κ2) is 5.15. The fourth-order valence-electron chi connectivity index (χ4n) is 2.16. The molecule has 0 atom stereocenters. The lowest BCUT2D eigenvalue weighted by molar-refractivity contribution is 0.587. The minimum atomic E-state index is -1.30. The minimum Gasteiger partial charge on any atom is -0.425 e. The lowest BCUT2D eigenvalue weighted by atomic mass is 9.71. The second-order valence-electron chi connectivity index (χ2n) is 4.31. The maximum absolute atomic E-state index is 10.5. The van der Waals surface area contributed by atoms with E-state index < -0.39 is 7.05 Å². The monoisotopic (exact) mass is 239 g/mol. The number of aryl methyl sites for hydroxylation is 1. The molecule has 0 saturated heterocycles.